The first-order valence-corrected chi connectivity index (χ1v) is 8.29. The molecule has 0 aromatic carbocycles. The Kier molecular flexibility index (Phi) is 3.89. The van der Waals surface area contributed by atoms with Gasteiger partial charge in [-0.25, -0.2) is 15.0 Å². The zero-order chi connectivity index (χ0) is 16.6. The van der Waals surface area contributed by atoms with Crippen molar-refractivity contribution in [3.8, 4) is 0 Å². The molecule has 7 heteroatoms. The maximum atomic E-state index is 12.4. The molecule has 1 amide bonds. The molecular formula is C16H19N5OS. The van der Waals surface area contributed by atoms with Crippen molar-refractivity contribution in [3.05, 3.63) is 46.4 Å². The molecule has 3 heterocycles. The van der Waals surface area contributed by atoms with Crippen LogP contribution in [0.5, 0.6) is 0 Å². The lowest BCUT2D eigenvalue weighted by molar-refractivity contribution is 0.0935. The number of aromatic nitrogens is 4. The number of nitrogens with one attached hydrogen (secondary N) is 1. The summed E-state index contributed by atoms with van der Waals surface area (Å²) < 4.78 is 1.72. The highest BCUT2D eigenvalue weighted by Crippen LogP contribution is 2.26. The molecule has 0 saturated carbocycles. The largest absolute Gasteiger partial charge is 0.342 e. The minimum atomic E-state index is -0.226. The Morgan fingerprint density at radius 1 is 1.35 bits per heavy atom. The Morgan fingerprint density at radius 2 is 2.13 bits per heavy atom. The number of carbonyl (C=O) groups excluding carboxylic acids is 1. The van der Waals surface area contributed by atoms with Crippen molar-refractivity contribution in [2.24, 2.45) is 0 Å². The molecule has 120 valence electrons. The molecule has 3 aromatic rings. The molecule has 0 fully saturated rings. The molecule has 0 bridgehead atoms. The van der Waals surface area contributed by atoms with Crippen LogP contribution in [0.25, 0.3) is 5.78 Å². The summed E-state index contributed by atoms with van der Waals surface area (Å²) in [4.78, 5) is 25.3. The van der Waals surface area contributed by atoms with E-state index in [1.807, 2.05) is 18.5 Å². The van der Waals surface area contributed by atoms with Crippen molar-refractivity contribution >= 4 is 23.0 Å². The Bertz CT molecular complexity index is 812. The van der Waals surface area contributed by atoms with Crippen LogP contribution in [-0.4, -0.2) is 25.3 Å². The predicted molar refractivity (Wildman–Crippen MR) is 89.7 cm³/mol. The fraction of sp³-hybridized carbons (Fsp3) is 0.375. The van der Waals surface area contributed by atoms with Gasteiger partial charge >= 0.3 is 0 Å². The second-order valence-electron chi connectivity index (χ2n) is 6.47. The Morgan fingerprint density at radius 3 is 2.78 bits per heavy atom. The topological polar surface area (TPSA) is 72.2 Å². The van der Waals surface area contributed by atoms with Gasteiger partial charge in [0.05, 0.1) is 11.7 Å². The quantitative estimate of drug-likeness (QED) is 0.802. The predicted octanol–water partition coefficient (Wildman–Crippen LogP) is 2.97. The number of hydrogen-bond acceptors (Lipinski definition) is 5. The molecule has 0 aliphatic rings. The van der Waals surface area contributed by atoms with E-state index < -0.39 is 0 Å². The van der Waals surface area contributed by atoms with Gasteiger partial charge in [0.25, 0.3) is 5.91 Å². The summed E-state index contributed by atoms with van der Waals surface area (Å²) in [5.41, 5.74) is 1.39. The summed E-state index contributed by atoms with van der Waals surface area (Å²) >= 11 is 1.56. The van der Waals surface area contributed by atoms with Crippen LogP contribution < -0.4 is 5.32 Å². The van der Waals surface area contributed by atoms with Crippen molar-refractivity contribution < 1.29 is 4.79 Å². The van der Waals surface area contributed by atoms with E-state index in [0.29, 0.717) is 11.5 Å². The van der Waals surface area contributed by atoms with Gasteiger partial charge in [0.15, 0.2) is 0 Å². The highest BCUT2D eigenvalue weighted by molar-refractivity contribution is 7.09. The normalized spacial score (nSPS) is 13.2. The summed E-state index contributed by atoms with van der Waals surface area (Å²) in [5, 5.41) is 5.89. The number of nitrogens with zero attached hydrogens (tertiary/aromatic N) is 4. The van der Waals surface area contributed by atoms with Crippen LogP contribution in [-0.2, 0) is 5.41 Å². The Labute approximate surface area is 138 Å². The third kappa shape index (κ3) is 3.24. The number of rotatable bonds is 3. The van der Waals surface area contributed by atoms with Crippen molar-refractivity contribution in [1.29, 1.82) is 0 Å². The molecule has 3 rings (SSSR count). The van der Waals surface area contributed by atoms with Crippen molar-refractivity contribution in [1.82, 2.24) is 24.7 Å². The van der Waals surface area contributed by atoms with Crippen LogP contribution in [0.2, 0.25) is 0 Å². The summed E-state index contributed by atoms with van der Waals surface area (Å²) in [6.07, 6.45) is 5.13. The number of hydrogen-bond donors (Lipinski definition) is 1. The average molecular weight is 329 g/mol. The lowest BCUT2D eigenvalue weighted by Gasteiger charge is -2.15. The summed E-state index contributed by atoms with van der Waals surface area (Å²) in [6.45, 7) is 8.30. The molecule has 1 N–H and O–H groups in total. The molecule has 0 spiro atoms. The lowest BCUT2D eigenvalue weighted by Crippen LogP contribution is -2.27. The maximum absolute atomic E-state index is 12.4. The number of fused-ring (bicyclic) bond motifs is 1. The van der Waals surface area contributed by atoms with Gasteiger partial charge in [0.2, 0.25) is 5.78 Å². The minimum Gasteiger partial charge on any atom is -0.342 e. The number of thiazole rings is 1. The molecule has 6 nitrogen and oxygen atoms in total. The molecule has 1 atom stereocenters. The lowest BCUT2D eigenvalue weighted by atomic mass is 9.93. The van der Waals surface area contributed by atoms with Crippen molar-refractivity contribution in [2.45, 2.75) is 39.2 Å². The average Bonchev–Trinajstić information content (AvgIpc) is 3.13. The van der Waals surface area contributed by atoms with E-state index in [1.165, 1.54) is 0 Å². The number of amides is 1. The van der Waals surface area contributed by atoms with Crippen LogP contribution in [0.4, 0.5) is 0 Å². The SMILES string of the molecule is C[C@@H](NC(=O)c1cn2cccnc2n1)c1nc(C(C)(C)C)cs1. The molecular weight excluding hydrogens is 310 g/mol. The van der Waals surface area contributed by atoms with Gasteiger partial charge in [0, 0.05) is 29.4 Å². The van der Waals surface area contributed by atoms with Gasteiger partial charge in [-0.15, -0.1) is 11.3 Å². The summed E-state index contributed by atoms with van der Waals surface area (Å²) in [6, 6.07) is 1.63. The van der Waals surface area contributed by atoms with Gasteiger partial charge in [-0.2, -0.15) is 0 Å². The van der Waals surface area contributed by atoms with Crippen molar-refractivity contribution in [3.63, 3.8) is 0 Å². The minimum absolute atomic E-state index is 0.00570. The van der Waals surface area contributed by atoms with E-state index in [-0.39, 0.29) is 17.4 Å². The molecule has 0 saturated heterocycles. The number of imidazole rings is 1. The molecule has 0 aliphatic carbocycles. The summed E-state index contributed by atoms with van der Waals surface area (Å²) in [7, 11) is 0. The van der Waals surface area contributed by atoms with Gasteiger partial charge in [-0.05, 0) is 13.0 Å². The second kappa shape index (κ2) is 5.73. The monoisotopic (exact) mass is 329 g/mol. The number of carbonyl (C=O) groups is 1. The second-order valence-corrected chi connectivity index (χ2v) is 7.36. The zero-order valence-corrected chi connectivity index (χ0v) is 14.4. The third-order valence-corrected chi connectivity index (χ3v) is 4.50. The standard InChI is InChI=1S/C16H19N5OS/c1-10(14-20-12(9-23-14)16(2,3)4)18-13(22)11-8-21-7-5-6-17-15(21)19-11/h5-10H,1-4H3,(H,18,22)/t10-/m1/s1. The zero-order valence-electron chi connectivity index (χ0n) is 13.6. The Hall–Kier alpha value is -2.28. The van der Waals surface area contributed by atoms with Crippen LogP contribution in [0, 0.1) is 0 Å². The van der Waals surface area contributed by atoms with E-state index in [4.69, 9.17) is 0 Å². The van der Waals surface area contributed by atoms with Gasteiger partial charge in [-0.3, -0.25) is 9.20 Å². The first-order valence-electron chi connectivity index (χ1n) is 7.41. The molecule has 3 aromatic heterocycles. The van der Waals surface area contributed by atoms with E-state index in [2.05, 4.69) is 41.0 Å². The molecule has 23 heavy (non-hydrogen) atoms. The van der Waals surface area contributed by atoms with Crippen LogP contribution >= 0.6 is 11.3 Å². The first-order chi connectivity index (χ1) is 10.8. The van der Waals surface area contributed by atoms with Crippen molar-refractivity contribution in [2.75, 3.05) is 0 Å². The molecule has 0 radical (unpaired) electrons. The van der Waals surface area contributed by atoms with Crippen LogP contribution in [0.3, 0.4) is 0 Å². The van der Waals surface area contributed by atoms with Gasteiger partial charge in [-0.1, -0.05) is 20.8 Å². The summed E-state index contributed by atoms with van der Waals surface area (Å²) in [5.74, 6) is 0.282. The van der Waals surface area contributed by atoms with E-state index in [0.717, 1.165) is 10.7 Å². The third-order valence-electron chi connectivity index (χ3n) is 3.48. The van der Waals surface area contributed by atoms with Gasteiger partial charge in [0.1, 0.15) is 10.7 Å². The van der Waals surface area contributed by atoms with E-state index in [9.17, 15) is 4.79 Å². The van der Waals surface area contributed by atoms with Crippen LogP contribution in [0.1, 0.15) is 54.9 Å². The van der Waals surface area contributed by atoms with E-state index in [1.54, 1.807) is 34.2 Å². The Balaban J connectivity index is 1.75. The maximum Gasteiger partial charge on any atom is 0.272 e. The van der Waals surface area contributed by atoms with Crippen LogP contribution in [0.15, 0.2) is 30.0 Å². The molecule has 0 unspecified atom stereocenters. The fourth-order valence-electron chi connectivity index (χ4n) is 2.10. The first kappa shape index (κ1) is 15.6. The highest BCUT2D eigenvalue weighted by atomic mass is 32.1. The van der Waals surface area contributed by atoms with E-state index >= 15 is 0 Å². The fourth-order valence-corrected chi connectivity index (χ4v) is 3.16. The molecule has 0 aliphatic heterocycles. The highest BCUT2D eigenvalue weighted by Gasteiger charge is 2.21. The van der Waals surface area contributed by atoms with Gasteiger partial charge < -0.3 is 5.32 Å². The smallest absolute Gasteiger partial charge is 0.272 e.